The average Bonchev–Trinajstić information content (AvgIpc) is 2.69. The third-order valence-electron chi connectivity index (χ3n) is 3.65. The number of anilines is 3. The summed E-state index contributed by atoms with van der Waals surface area (Å²) in [5, 5.41) is 6.31. The Morgan fingerprint density at radius 2 is 1.74 bits per heavy atom. The molecule has 8 heteroatoms. The van der Waals surface area contributed by atoms with Gasteiger partial charge >= 0.3 is 0 Å². The summed E-state index contributed by atoms with van der Waals surface area (Å²) >= 11 is 6.03. The molecule has 0 aliphatic heterocycles. The summed E-state index contributed by atoms with van der Waals surface area (Å²) in [6.45, 7) is 0. The molecule has 0 aliphatic carbocycles. The quantitative estimate of drug-likeness (QED) is 0.664. The van der Waals surface area contributed by atoms with E-state index in [0.29, 0.717) is 27.9 Å². The molecule has 2 aromatic carbocycles. The number of para-hydroxylation sites is 2. The summed E-state index contributed by atoms with van der Waals surface area (Å²) in [6, 6.07) is 13.8. The van der Waals surface area contributed by atoms with Crippen LogP contribution in [0.2, 0.25) is 5.02 Å². The molecule has 0 unspecified atom stereocenters. The van der Waals surface area contributed by atoms with Crippen molar-refractivity contribution in [3.05, 3.63) is 65.4 Å². The SMILES string of the molecule is COc1ccccc1NC(=O)c1ccnc(Nc2cc(Cl)ccc2OC)n1. The van der Waals surface area contributed by atoms with E-state index in [2.05, 4.69) is 20.6 Å². The van der Waals surface area contributed by atoms with Gasteiger partial charge in [0.05, 0.1) is 25.6 Å². The normalized spacial score (nSPS) is 10.2. The number of nitrogens with one attached hydrogen (secondary N) is 2. The third-order valence-corrected chi connectivity index (χ3v) is 3.89. The van der Waals surface area contributed by atoms with E-state index < -0.39 is 0 Å². The van der Waals surface area contributed by atoms with Gasteiger partial charge in [0.2, 0.25) is 5.95 Å². The van der Waals surface area contributed by atoms with Crippen molar-refractivity contribution >= 4 is 34.8 Å². The maximum atomic E-state index is 12.5. The van der Waals surface area contributed by atoms with Gasteiger partial charge in [-0.3, -0.25) is 4.79 Å². The number of hydrogen-bond acceptors (Lipinski definition) is 6. The predicted molar refractivity (Wildman–Crippen MR) is 104 cm³/mol. The Morgan fingerprint density at radius 1 is 1.00 bits per heavy atom. The summed E-state index contributed by atoms with van der Waals surface area (Å²) in [5.41, 5.74) is 1.33. The number of carbonyl (C=O) groups is 1. The van der Waals surface area contributed by atoms with E-state index in [0.717, 1.165) is 0 Å². The summed E-state index contributed by atoms with van der Waals surface area (Å²) in [6.07, 6.45) is 1.49. The molecule has 1 aromatic heterocycles. The summed E-state index contributed by atoms with van der Waals surface area (Å²) in [7, 11) is 3.09. The van der Waals surface area contributed by atoms with Crippen molar-refractivity contribution in [3.63, 3.8) is 0 Å². The molecule has 0 saturated carbocycles. The van der Waals surface area contributed by atoms with Gasteiger partial charge in [0.15, 0.2) is 0 Å². The Kier molecular flexibility index (Phi) is 5.73. The van der Waals surface area contributed by atoms with Crippen molar-refractivity contribution < 1.29 is 14.3 Å². The molecule has 0 spiro atoms. The summed E-state index contributed by atoms with van der Waals surface area (Å²) in [4.78, 5) is 20.9. The predicted octanol–water partition coefficient (Wildman–Crippen LogP) is 4.14. The molecule has 0 radical (unpaired) electrons. The van der Waals surface area contributed by atoms with Crippen molar-refractivity contribution in [2.24, 2.45) is 0 Å². The number of methoxy groups -OCH3 is 2. The number of ether oxygens (including phenoxy) is 2. The minimum absolute atomic E-state index is 0.194. The number of amides is 1. The van der Waals surface area contributed by atoms with Crippen LogP contribution in [0.5, 0.6) is 11.5 Å². The number of rotatable bonds is 6. The first-order valence-electron chi connectivity index (χ1n) is 7.98. The Balaban J connectivity index is 1.81. The molecule has 0 saturated heterocycles. The van der Waals surface area contributed by atoms with Crippen molar-refractivity contribution in [1.82, 2.24) is 9.97 Å². The molecule has 0 atom stereocenters. The third kappa shape index (κ3) is 4.45. The monoisotopic (exact) mass is 384 g/mol. The molecule has 3 aromatic rings. The van der Waals surface area contributed by atoms with Gasteiger partial charge in [0.1, 0.15) is 17.2 Å². The van der Waals surface area contributed by atoms with Gasteiger partial charge in [-0.25, -0.2) is 9.97 Å². The van der Waals surface area contributed by atoms with E-state index in [9.17, 15) is 4.79 Å². The van der Waals surface area contributed by atoms with Crippen molar-refractivity contribution in [2.45, 2.75) is 0 Å². The van der Waals surface area contributed by atoms with E-state index in [1.165, 1.54) is 19.4 Å². The highest BCUT2D eigenvalue weighted by Gasteiger charge is 2.13. The second-order valence-electron chi connectivity index (χ2n) is 5.39. The molecular weight excluding hydrogens is 368 g/mol. The zero-order valence-corrected chi connectivity index (χ0v) is 15.4. The molecule has 3 rings (SSSR count). The van der Waals surface area contributed by atoms with Crippen molar-refractivity contribution in [1.29, 1.82) is 0 Å². The highest BCUT2D eigenvalue weighted by atomic mass is 35.5. The fraction of sp³-hybridized carbons (Fsp3) is 0.105. The van der Waals surface area contributed by atoms with Gasteiger partial charge in [-0.1, -0.05) is 23.7 Å². The Bertz CT molecular complexity index is 965. The van der Waals surface area contributed by atoms with Crippen LogP contribution in [-0.4, -0.2) is 30.1 Å². The van der Waals surface area contributed by atoms with Crippen LogP contribution in [-0.2, 0) is 0 Å². The topological polar surface area (TPSA) is 85.4 Å². The van der Waals surface area contributed by atoms with Crippen LogP contribution in [0.15, 0.2) is 54.7 Å². The van der Waals surface area contributed by atoms with Crippen LogP contribution >= 0.6 is 11.6 Å². The lowest BCUT2D eigenvalue weighted by Crippen LogP contribution is -2.15. The van der Waals surface area contributed by atoms with Crippen LogP contribution < -0.4 is 20.1 Å². The number of hydrogen-bond donors (Lipinski definition) is 2. The van der Waals surface area contributed by atoms with Gasteiger partial charge in [0.25, 0.3) is 5.91 Å². The van der Waals surface area contributed by atoms with Crippen LogP contribution in [0.1, 0.15) is 10.5 Å². The maximum absolute atomic E-state index is 12.5. The van der Waals surface area contributed by atoms with E-state index in [-0.39, 0.29) is 17.5 Å². The van der Waals surface area contributed by atoms with Gasteiger partial charge in [0, 0.05) is 11.2 Å². The Labute approximate surface area is 161 Å². The van der Waals surface area contributed by atoms with Gasteiger partial charge in [-0.05, 0) is 36.4 Å². The molecule has 0 fully saturated rings. The van der Waals surface area contributed by atoms with Gasteiger partial charge < -0.3 is 20.1 Å². The largest absolute Gasteiger partial charge is 0.495 e. The van der Waals surface area contributed by atoms with Crippen LogP contribution in [0.3, 0.4) is 0 Å². The fourth-order valence-corrected chi connectivity index (χ4v) is 2.55. The molecule has 1 amide bonds. The second kappa shape index (κ2) is 8.37. The standard InChI is InChI=1S/C19H17ClN4O3/c1-26-16-6-4-3-5-13(16)22-18(25)14-9-10-21-19(23-14)24-15-11-12(20)7-8-17(15)27-2/h3-11H,1-2H3,(H,22,25)(H,21,23,24). The number of nitrogens with zero attached hydrogens (tertiary/aromatic N) is 2. The van der Waals surface area contributed by atoms with Crippen molar-refractivity contribution in [2.75, 3.05) is 24.9 Å². The average molecular weight is 385 g/mol. The lowest BCUT2D eigenvalue weighted by molar-refractivity contribution is 0.102. The minimum atomic E-state index is -0.386. The Hall–Kier alpha value is -3.32. The first kappa shape index (κ1) is 18.5. The van der Waals surface area contributed by atoms with E-state index >= 15 is 0 Å². The smallest absolute Gasteiger partial charge is 0.274 e. The highest BCUT2D eigenvalue weighted by Crippen LogP contribution is 2.29. The zero-order chi connectivity index (χ0) is 19.2. The first-order valence-corrected chi connectivity index (χ1v) is 8.36. The molecule has 1 heterocycles. The number of halogens is 1. The van der Waals surface area contributed by atoms with E-state index in [1.54, 1.807) is 43.5 Å². The number of carbonyl (C=O) groups excluding carboxylic acids is 1. The van der Waals surface area contributed by atoms with Crippen molar-refractivity contribution in [3.8, 4) is 11.5 Å². The lowest BCUT2D eigenvalue weighted by atomic mass is 10.2. The maximum Gasteiger partial charge on any atom is 0.274 e. The highest BCUT2D eigenvalue weighted by molar-refractivity contribution is 6.31. The van der Waals surface area contributed by atoms with Crippen LogP contribution in [0.25, 0.3) is 0 Å². The van der Waals surface area contributed by atoms with E-state index in [1.807, 2.05) is 6.07 Å². The molecule has 138 valence electrons. The van der Waals surface area contributed by atoms with Crippen LogP contribution in [0, 0.1) is 0 Å². The summed E-state index contributed by atoms with van der Waals surface area (Å²) < 4.78 is 10.5. The first-order chi connectivity index (χ1) is 13.1. The van der Waals surface area contributed by atoms with E-state index in [4.69, 9.17) is 21.1 Å². The molecule has 7 nitrogen and oxygen atoms in total. The van der Waals surface area contributed by atoms with Gasteiger partial charge in [-0.2, -0.15) is 0 Å². The molecule has 27 heavy (non-hydrogen) atoms. The van der Waals surface area contributed by atoms with Crippen LogP contribution in [0.4, 0.5) is 17.3 Å². The molecular formula is C19H17ClN4O3. The van der Waals surface area contributed by atoms with Gasteiger partial charge in [-0.15, -0.1) is 0 Å². The lowest BCUT2D eigenvalue weighted by Gasteiger charge is -2.12. The number of aromatic nitrogens is 2. The fourth-order valence-electron chi connectivity index (χ4n) is 2.38. The number of benzene rings is 2. The minimum Gasteiger partial charge on any atom is -0.495 e. The second-order valence-corrected chi connectivity index (χ2v) is 5.83. The molecule has 0 bridgehead atoms. The summed E-state index contributed by atoms with van der Waals surface area (Å²) in [5.74, 6) is 0.986. The molecule has 2 N–H and O–H groups in total. The Morgan fingerprint density at radius 3 is 2.52 bits per heavy atom. The molecule has 0 aliphatic rings. The zero-order valence-electron chi connectivity index (χ0n) is 14.7.